The number of rotatable bonds is 8. The number of para-hydroxylation sites is 1. The molecule has 0 aliphatic heterocycles. The molecule has 0 bridgehead atoms. The van der Waals surface area contributed by atoms with Gasteiger partial charge < -0.3 is 9.88 Å². The van der Waals surface area contributed by atoms with Gasteiger partial charge in [0.05, 0.1) is 4.90 Å². The highest BCUT2D eigenvalue weighted by Crippen LogP contribution is 2.17. The van der Waals surface area contributed by atoms with Crippen LogP contribution in [0.5, 0.6) is 0 Å². The van der Waals surface area contributed by atoms with Crippen molar-refractivity contribution in [3.63, 3.8) is 0 Å². The number of carbonyl (C=O) groups is 1. The van der Waals surface area contributed by atoms with Crippen LogP contribution in [-0.2, 0) is 16.6 Å². The lowest BCUT2D eigenvalue weighted by atomic mass is 10.2. The lowest BCUT2D eigenvalue weighted by Gasteiger charge is -2.10. The van der Waals surface area contributed by atoms with Crippen molar-refractivity contribution in [3.05, 3.63) is 96.7 Å². The van der Waals surface area contributed by atoms with Crippen LogP contribution in [0, 0.1) is 0 Å². The Bertz CT molecular complexity index is 1300. The molecule has 0 saturated carbocycles. The van der Waals surface area contributed by atoms with Gasteiger partial charge in [-0.1, -0.05) is 42.5 Å². The molecule has 3 aromatic carbocycles. The summed E-state index contributed by atoms with van der Waals surface area (Å²) in [5.74, 6) is -0.238. The van der Waals surface area contributed by atoms with E-state index in [2.05, 4.69) is 39.0 Å². The zero-order valence-electron chi connectivity index (χ0n) is 16.9. The zero-order valence-corrected chi connectivity index (χ0v) is 17.7. The Kier molecular flexibility index (Phi) is 6.04. The normalized spacial score (nSPS) is 11.4. The molecule has 0 radical (unpaired) electrons. The predicted octanol–water partition coefficient (Wildman–Crippen LogP) is 4.26. The summed E-state index contributed by atoms with van der Waals surface area (Å²) in [5.41, 5.74) is 1.92. The van der Waals surface area contributed by atoms with Crippen molar-refractivity contribution >= 4 is 32.5 Å². The molecule has 1 aromatic heterocycles. The SMILES string of the molecule is O=C(NCCCn1ccc2ccccc21)c1cccc(NS(=O)(=O)c2ccccc2)c1. The smallest absolute Gasteiger partial charge is 0.261 e. The Hall–Kier alpha value is -3.58. The molecule has 0 fully saturated rings. The fraction of sp³-hybridized carbons (Fsp3) is 0.125. The lowest BCUT2D eigenvalue weighted by Crippen LogP contribution is -2.25. The number of benzene rings is 3. The van der Waals surface area contributed by atoms with Crippen LogP contribution < -0.4 is 10.0 Å². The first-order valence-electron chi connectivity index (χ1n) is 10.0. The molecule has 1 amide bonds. The molecule has 0 saturated heterocycles. The number of hydrogen-bond acceptors (Lipinski definition) is 3. The third-order valence-electron chi connectivity index (χ3n) is 4.97. The minimum absolute atomic E-state index is 0.169. The molecule has 0 unspecified atom stereocenters. The summed E-state index contributed by atoms with van der Waals surface area (Å²) in [4.78, 5) is 12.7. The molecular weight excluding hydrogens is 410 g/mol. The largest absolute Gasteiger partial charge is 0.352 e. The highest BCUT2D eigenvalue weighted by molar-refractivity contribution is 7.92. The number of aryl methyl sites for hydroxylation is 1. The quantitative estimate of drug-likeness (QED) is 0.408. The van der Waals surface area contributed by atoms with Crippen molar-refractivity contribution in [1.82, 2.24) is 9.88 Å². The fourth-order valence-electron chi connectivity index (χ4n) is 3.43. The molecule has 7 heteroatoms. The van der Waals surface area contributed by atoms with Gasteiger partial charge in [0.15, 0.2) is 0 Å². The molecule has 4 rings (SSSR count). The summed E-state index contributed by atoms with van der Waals surface area (Å²) in [6.45, 7) is 1.32. The van der Waals surface area contributed by atoms with Crippen LogP contribution in [0.1, 0.15) is 16.8 Å². The van der Waals surface area contributed by atoms with Gasteiger partial charge in [-0.15, -0.1) is 0 Å². The van der Waals surface area contributed by atoms with Crippen LogP contribution >= 0.6 is 0 Å². The van der Waals surface area contributed by atoms with E-state index < -0.39 is 10.0 Å². The number of anilines is 1. The Morgan fingerprint density at radius 1 is 0.871 bits per heavy atom. The van der Waals surface area contributed by atoms with E-state index in [0.29, 0.717) is 17.8 Å². The number of fused-ring (bicyclic) bond motifs is 1. The zero-order chi connectivity index (χ0) is 21.7. The fourth-order valence-corrected chi connectivity index (χ4v) is 4.50. The van der Waals surface area contributed by atoms with E-state index in [-0.39, 0.29) is 10.8 Å². The van der Waals surface area contributed by atoms with E-state index in [1.165, 1.54) is 29.1 Å². The maximum Gasteiger partial charge on any atom is 0.261 e. The summed E-state index contributed by atoms with van der Waals surface area (Å²) >= 11 is 0. The summed E-state index contributed by atoms with van der Waals surface area (Å²) < 4.78 is 29.7. The molecule has 0 spiro atoms. The van der Waals surface area contributed by atoms with Gasteiger partial charge in [-0.05, 0) is 54.3 Å². The Morgan fingerprint density at radius 2 is 1.65 bits per heavy atom. The van der Waals surface area contributed by atoms with Crippen LogP contribution in [0.4, 0.5) is 5.69 Å². The maximum absolute atomic E-state index is 12.5. The first kappa shape index (κ1) is 20.7. The molecule has 4 aromatic rings. The van der Waals surface area contributed by atoms with Crippen LogP contribution in [-0.4, -0.2) is 25.4 Å². The van der Waals surface area contributed by atoms with E-state index in [1.807, 2.05) is 12.1 Å². The van der Waals surface area contributed by atoms with Crippen molar-refractivity contribution < 1.29 is 13.2 Å². The van der Waals surface area contributed by atoms with Crippen molar-refractivity contribution in [1.29, 1.82) is 0 Å². The second-order valence-corrected chi connectivity index (χ2v) is 8.86. The van der Waals surface area contributed by atoms with Gasteiger partial charge in [0.25, 0.3) is 15.9 Å². The van der Waals surface area contributed by atoms with E-state index in [4.69, 9.17) is 0 Å². The number of carbonyl (C=O) groups excluding carboxylic acids is 1. The third-order valence-corrected chi connectivity index (χ3v) is 6.37. The first-order valence-corrected chi connectivity index (χ1v) is 11.5. The molecule has 1 heterocycles. The highest BCUT2D eigenvalue weighted by atomic mass is 32.2. The topological polar surface area (TPSA) is 80.2 Å². The molecule has 0 aliphatic rings. The molecule has 6 nitrogen and oxygen atoms in total. The van der Waals surface area contributed by atoms with Gasteiger partial charge >= 0.3 is 0 Å². The van der Waals surface area contributed by atoms with Gasteiger partial charge in [-0.2, -0.15) is 0 Å². The van der Waals surface area contributed by atoms with E-state index in [0.717, 1.165) is 13.0 Å². The highest BCUT2D eigenvalue weighted by Gasteiger charge is 2.14. The average molecular weight is 434 g/mol. The second-order valence-electron chi connectivity index (χ2n) is 7.18. The average Bonchev–Trinajstić information content (AvgIpc) is 3.20. The van der Waals surface area contributed by atoms with Crippen LogP contribution in [0.2, 0.25) is 0 Å². The number of amides is 1. The van der Waals surface area contributed by atoms with Crippen molar-refractivity contribution in [2.45, 2.75) is 17.9 Å². The third kappa shape index (κ3) is 4.95. The lowest BCUT2D eigenvalue weighted by molar-refractivity contribution is 0.0953. The van der Waals surface area contributed by atoms with Crippen molar-refractivity contribution in [3.8, 4) is 0 Å². The molecule has 2 N–H and O–H groups in total. The summed E-state index contributed by atoms with van der Waals surface area (Å²) in [6, 6.07) is 24.9. The molecule has 158 valence electrons. The molecule has 0 atom stereocenters. The molecule has 31 heavy (non-hydrogen) atoms. The predicted molar refractivity (Wildman–Crippen MR) is 123 cm³/mol. The van der Waals surface area contributed by atoms with E-state index in [9.17, 15) is 13.2 Å². The van der Waals surface area contributed by atoms with E-state index >= 15 is 0 Å². The minimum Gasteiger partial charge on any atom is -0.352 e. The number of sulfonamides is 1. The van der Waals surface area contributed by atoms with Gasteiger partial charge in [0.2, 0.25) is 0 Å². The van der Waals surface area contributed by atoms with E-state index in [1.54, 1.807) is 36.4 Å². The van der Waals surface area contributed by atoms with Crippen LogP contribution in [0.25, 0.3) is 10.9 Å². The molecule has 0 aliphatic carbocycles. The first-order chi connectivity index (χ1) is 15.0. The monoisotopic (exact) mass is 433 g/mol. The summed E-state index contributed by atoms with van der Waals surface area (Å²) in [6.07, 6.45) is 2.83. The number of aromatic nitrogens is 1. The Morgan fingerprint density at radius 3 is 2.48 bits per heavy atom. The summed E-state index contributed by atoms with van der Waals surface area (Å²) in [5, 5.41) is 4.10. The number of nitrogens with zero attached hydrogens (tertiary/aromatic N) is 1. The molecular formula is C24H23N3O3S. The maximum atomic E-state index is 12.5. The summed E-state index contributed by atoms with van der Waals surface area (Å²) in [7, 11) is -3.70. The van der Waals surface area contributed by atoms with Crippen LogP contribution in [0.15, 0.2) is 96.0 Å². The van der Waals surface area contributed by atoms with Gasteiger partial charge in [-0.25, -0.2) is 8.42 Å². The van der Waals surface area contributed by atoms with Gasteiger partial charge in [0, 0.05) is 36.1 Å². The van der Waals surface area contributed by atoms with Crippen molar-refractivity contribution in [2.24, 2.45) is 0 Å². The van der Waals surface area contributed by atoms with Gasteiger partial charge in [-0.3, -0.25) is 9.52 Å². The van der Waals surface area contributed by atoms with Crippen LogP contribution in [0.3, 0.4) is 0 Å². The minimum atomic E-state index is -3.70. The van der Waals surface area contributed by atoms with Gasteiger partial charge in [0.1, 0.15) is 0 Å². The number of hydrogen-bond donors (Lipinski definition) is 2. The standard InChI is InChI=1S/C24H23N3O3S/c28-24(25-15-7-16-27-17-14-19-8-4-5-13-23(19)27)20-9-6-10-21(18-20)26-31(29,30)22-11-2-1-3-12-22/h1-6,8-14,17-18,26H,7,15-16H2,(H,25,28). The number of nitrogens with one attached hydrogen (secondary N) is 2. The second kappa shape index (κ2) is 9.06. The Labute approximate surface area is 181 Å². The van der Waals surface area contributed by atoms with Crippen molar-refractivity contribution in [2.75, 3.05) is 11.3 Å². The Balaban J connectivity index is 1.34.